The van der Waals surface area contributed by atoms with E-state index in [1.54, 1.807) is 37.4 Å². The van der Waals surface area contributed by atoms with Gasteiger partial charge in [-0.3, -0.25) is 10.1 Å². The first-order valence-corrected chi connectivity index (χ1v) is 13.5. The number of sulfonamides is 1. The van der Waals surface area contributed by atoms with E-state index in [0.29, 0.717) is 29.5 Å². The lowest BCUT2D eigenvalue weighted by Crippen LogP contribution is -2.34. The van der Waals surface area contributed by atoms with Crippen molar-refractivity contribution in [2.24, 2.45) is 5.92 Å². The molecule has 0 saturated heterocycles. The van der Waals surface area contributed by atoms with Crippen molar-refractivity contribution in [1.29, 1.82) is 0 Å². The third kappa shape index (κ3) is 7.61. The molecule has 3 rings (SSSR count). The van der Waals surface area contributed by atoms with Gasteiger partial charge in [-0.05, 0) is 66.5 Å². The van der Waals surface area contributed by atoms with Gasteiger partial charge in [0.15, 0.2) is 5.11 Å². The molecule has 36 heavy (non-hydrogen) atoms. The summed E-state index contributed by atoms with van der Waals surface area (Å²) in [5.41, 5.74) is 1.83. The van der Waals surface area contributed by atoms with E-state index in [-0.39, 0.29) is 16.6 Å². The number of thiocarbonyl (C=S) groups is 1. The number of nitrogens with one attached hydrogen (secondary N) is 2. The van der Waals surface area contributed by atoms with Crippen molar-refractivity contribution >= 4 is 38.9 Å². The third-order valence-corrected chi connectivity index (χ3v) is 7.40. The molecule has 0 unspecified atom stereocenters. The number of amides is 1. The zero-order chi connectivity index (χ0) is 26.1. The fourth-order valence-electron chi connectivity index (χ4n) is 3.33. The number of rotatable bonds is 10. The lowest BCUT2D eigenvalue weighted by atomic mass is 10.1. The zero-order valence-corrected chi connectivity index (χ0v) is 22.2. The van der Waals surface area contributed by atoms with Crippen molar-refractivity contribution in [3.63, 3.8) is 0 Å². The second-order valence-corrected chi connectivity index (χ2v) is 11.2. The standard InChI is InChI=1S/C27H31N3O4S2/c1-20(2)17-18-34-25-12-8-7-11-24(25)26(31)29-27(35)28-22-13-15-23(16-14-22)36(32,33)30(3)19-21-9-5-4-6-10-21/h4-16,20H,17-19H2,1-3H3,(H2,28,29,31,35). The Morgan fingerprint density at radius 3 is 2.28 bits per heavy atom. The van der Waals surface area contributed by atoms with E-state index in [9.17, 15) is 13.2 Å². The second kappa shape index (κ2) is 12.6. The van der Waals surface area contributed by atoms with Gasteiger partial charge in [-0.2, -0.15) is 4.31 Å². The van der Waals surface area contributed by atoms with Gasteiger partial charge in [0.1, 0.15) is 5.75 Å². The van der Waals surface area contributed by atoms with Gasteiger partial charge in [0.05, 0.1) is 17.1 Å². The van der Waals surface area contributed by atoms with Crippen LogP contribution in [0.3, 0.4) is 0 Å². The van der Waals surface area contributed by atoms with E-state index >= 15 is 0 Å². The SMILES string of the molecule is CC(C)CCOc1ccccc1C(=O)NC(=S)Nc1ccc(S(=O)(=O)N(C)Cc2ccccc2)cc1. The summed E-state index contributed by atoms with van der Waals surface area (Å²) in [5, 5.41) is 5.66. The summed E-state index contributed by atoms with van der Waals surface area (Å²) < 4.78 is 32.9. The highest BCUT2D eigenvalue weighted by molar-refractivity contribution is 7.89. The third-order valence-electron chi connectivity index (χ3n) is 5.38. The number of para-hydroxylation sites is 1. The molecule has 0 spiro atoms. The number of hydrogen-bond acceptors (Lipinski definition) is 5. The smallest absolute Gasteiger partial charge is 0.261 e. The summed E-state index contributed by atoms with van der Waals surface area (Å²) in [5.74, 6) is 0.593. The van der Waals surface area contributed by atoms with Gasteiger partial charge in [-0.15, -0.1) is 0 Å². The summed E-state index contributed by atoms with van der Waals surface area (Å²) >= 11 is 5.29. The molecule has 3 aromatic rings. The number of ether oxygens (including phenoxy) is 1. The maximum Gasteiger partial charge on any atom is 0.261 e. The van der Waals surface area contributed by atoms with Crippen LogP contribution in [-0.2, 0) is 16.6 Å². The molecule has 0 aliphatic carbocycles. The van der Waals surface area contributed by atoms with Gasteiger partial charge in [-0.1, -0.05) is 56.3 Å². The summed E-state index contributed by atoms with van der Waals surface area (Å²) in [7, 11) is -2.12. The molecule has 2 N–H and O–H groups in total. The summed E-state index contributed by atoms with van der Waals surface area (Å²) in [6.45, 7) is 5.00. The Kier molecular flexibility index (Phi) is 9.58. The van der Waals surface area contributed by atoms with Crippen LogP contribution in [0.2, 0.25) is 0 Å². The van der Waals surface area contributed by atoms with E-state index < -0.39 is 15.9 Å². The minimum atomic E-state index is -3.67. The van der Waals surface area contributed by atoms with E-state index in [1.165, 1.54) is 16.4 Å². The topological polar surface area (TPSA) is 87.7 Å². The lowest BCUT2D eigenvalue weighted by molar-refractivity contribution is 0.0973. The Balaban J connectivity index is 1.60. The highest BCUT2D eigenvalue weighted by Gasteiger charge is 2.21. The summed E-state index contributed by atoms with van der Waals surface area (Å²) in [6.07, 6.45) is 0.879. The van der Waals surface area contributed by atoms with Crippen LogP contribution in [0.25, 0.3) is 0 Å². The van der Waals surface area contributed by atoms with Crippen LogP contribution in [-0.4, -0.2) is 37.4 Å². The highest BCUT2D eigenvalue weighted by atomic mass is 32.2. The van der Waals surface area contributed by atoms with Crippen molar-refractivity contribution in [2.45, 2.75) is 31.7 Å². The molecule has 0 aliphatic rings. The Labute approximate surface area is 218 Å². The van der Waals surface area contributed by atoms with E-state index in [1.807, 2.05) is 36.4 Å². The Morgan fingerprint density at radius 2 is 1.61 bits per heavy atom. The molecular formula is C27H31N3O4S2. The van der Waals surface area contributed by atoms with Crippen LogP contribution >= 0.6 is 12.2 Å². The number of carbonyl (C=O) groups excluding carboxylic acids is 1. The van der Waals surface area contributed by atoms with Gasteiger partial charge in [0, 0.05) is 19.3 Å². The molecule has 0 bridgehead atoms. The minimum Gasteiger partial charge on any atom is -0.493 e. The lowest BCUT2D eigenvalue weighted by Gasteiger charge is -2.18. The molecule has 7 nitrogen and oxygen atoms in total. The van der Waals surface area contributed by atoms with Gasteiger partial charge in [-0.25, -0.2) is 8.42 Å². The van der Waals surface area contributed by atoms with Crippen LogP contribution in [0.4, 0.5) is 5.69 Å². The number of nitrogens with zero attached hydrogens (tertiary/aromatic N) is 1. The molecule has 9 heteroatoms. The summed E-state index contributed by atoms with van der Waals surface area (Å²) in [4.78, 5) is 12.9. The monoisotopic (exact) mass is 525 g/mol. The number of hydrogen-bond donors (Lipinski definition) is 2. The normalized spacial score (nSPS) is 11.4. The van der Waals surface area contributed by atoms with Crippen molar-refractivity contribution in [2.75, 3.05) is 19.0 Å². The molecule has 0 heterocycles. The predicted molar refractivity (Wildman–Crippen MR) is 147 cm³/mol. The molecular weight excluding hydrogens is 494 g/mol. The molecule has 1 amide bonds. The maximum atomic E-state index is 12.9. The average Bonchev–Trinajstić information content (AvgIpc) is 2.85. The van der Waals surface area contributed by atoms with Crippen LogP contribution < -0.4 is 15.4 Å². The molecule has 0 fully saturated rings. The number of benzene rings is 3. The quantitative estimate of drug-likeness (QED) is 0.360. The van der Waals surface area contributed by atoms with Crippen LogP contribution in [0, 0.1) is 5.92 Å². The molecule has 0 aromatic heterocycles. The number of anilines is 1. The first-order chi connectivity index (χ1) is 17.2. The zero-order valence-electron chi connectivity index (χ0n) is 20.6. The largest absolute Gasteiger partial charge is 0.493 e. The Morgan fingerprint density at radius 1 is 0.972 bits per heavy atom. The van der Waals surface area contributed by atoms with Crippen molar-refractivity contribution in [3.8, 4) is 5.75 Å². The molecule has 0 aliphatic heterocycles. The van der Waals surface area contributed by atoms with Gasteiger partial charge in [0.2, 0.25) is 10.0 Å². The highest BCUT2D eigenvalue weighted by Crippen LogP contribution is 2.20. The van der Waals surface area contributed by atoms with E-state index in [4.69, 9.17) is 17.0 Å². The fraction of sp³-hybridized carbons (Fsp3) is 0.259. The van der Waals surface area contributed by atoms with Crippen LogP contribution in [0.1, 0.15) is 36.2 Å². The van der Waals surface area contributed by atoms with Gasteiger partial charge >= 0.3 is 0 Å². The predicted octanol–water partition coefficient (Wildman–Crippen LogP) is 5.06. The maximum absolute atomic E-state index is 12.9. The van der Waals surface area contributed by atoms with Crippen molar-refractivity contribution < 1.29 is 17.9 Å². The molecule has 190 valence electrons. The van der Waals surface area contributed by atoms with Crippen LogP contribution in [0.5, 0.6) is 5.75 Å². The minimum absolute atomic E-state index is 0.0915. The number of carbonyl (C=O) groups is 1. The summed E-state index contributed by atoms with van der Waals surface area (Å²) in [6, 6.07) is 22.6. The molecule has 0 atom stereocenters. The van der Waals surface area contributed by atoms with Crippen LogP contribution in [0.15, 0.2) is 83.8 Å². The van der Waals surface area contributed by atoms with Gasteiger partial charge < -0.3 is 10.1 Å². The van der Waals surface area contributed by atoms with E-state index in [0.717, 1.165) is 12.0 Å². The Hall–Kier alpha value is -3.27. The van der Waals surface area contributed by atoms with Gasteiger partial charge in [0.25, 0.3) is 5.91 Å². The van der Waals surface area contributed by atoms with Crippen molar-refractivity contribution in [1.82, 2.24) is 9.62 Å². The average molecular weight is 526 g/mol. The second-order valence-electron chi connectivity index (χ2n) is 8.71. The Bertz CT molecular complexity index is 1280. The first kappa shape index (κ1) is 27.3. The fourth-order valence-corrected chi connectivity index (χ4v) is 4.70. The van der Waals surface area contributed by atoms with Crippen molar-refractivity contribution in [3.05, 3.63) is 90.0 Å². The van der Waals surface area contributed by atoms with E-state index in [2.05, 4.69) is 24.5 Å². The molecule has 0 saturated carbocycles. The molecule has 0 radical (unpaired) electrons. The molecule has 3 aromatic carbocycles. The first-order valence-electron chi connectivity index (χ1n) is 11.6.